The van der Waals surface area contributed by atoms with Crippen LogP contribution in [0.25, 0.3) is 0 Å². The highest BCUT2D eigenvalue weighted by Crippen LogP contribution is 2.27. The van der Waals surface area contributed by atoms with E-state index in [0.717, 1.165) is 24.0 Å². The first kappa shape index (κ1) is 16.0. The number of esters is 1. The Morgan fingerprint density at radius 3 is 2.67 bits per heavy atom. The second-order valence-corrected chi connectivity index (χ2v) is 5.65. The van der Waals surface area contributed by atoms with Gasteiger partial charge in [0.15, 0.2) is 0 Å². The molecule has 21 heavy (non-hydrogen) atoms. The third-order valence-electron chi connectivity index (χ3n) is 4.28. The van der Waals surface area contributed by atoms with Crippen molar-refractivity contribution in [2.75, 3.05) is 13.7 Å². The van der Waals surface area contributed by atoms with Crippen molar-refractivity contribution in [2.24, 2.45) is 11.7 Å². The fourth-order valence-corrected chi connectivity index (χ4v) is 2.96. The average molecular weight is 291 g/mol. The van der Waals surface area contributed by atoms with E-state index in [4.69, 9.17) is 15.2 Å². The largest absolute Gasteiger partial charge is 0.469 e. The van der Waals surface area contributed by atoms with Crippen LogP contribution >= 0.6 is 0 Å². The number of benzene rings is 1. The van der Waals surface area contributed by atoms with Gasteiger partial charge in [-0.15, -0.1) is 0 Å². The van der Waals surface area contributed by atoms with Crippen molar-refractivity contribution in [1.29, 1.82) is 0 Å². The third-order valence-corrected chi connectivity index (χ3v) is 4.28. The Morgan fingerprint density at radius 2 is 1.95 bits per heavy atom. The van der Waals surface area contributed by atoms with Crippen LogP contribution in [0.1, 0.15) is 36.8 Å². The highest BCUT2D eigenvalue weighted by atomic mass is 16.5. The molecule has 0 radical (unpaired) electrons. The zero-order valence-electron chi connectivity index (χ0n) is 12.7. The molecule has 1 aliphatic rings. The molecule has 0 heterocycles. The standard InChI is InChI=1S/C17H25NO3/c1-20-17(19)10-13-6-2-3-8-15(13)12-21-16-9-5-4-7-14(16)11-18/h2-3,6,8,14,16H,4-5,7,9-12,18H2,1H3. The molecule has 1 aromatic carbocycles. The van der Waals surface area contributed by atoms with E-state index >= 15 is 0 Å². The van der Waals surface area contributed by atoms with Gasteiger partial charge in [0.25, 0.3) is 0 Å². The van der Waals surface area contributed by atoms with Crippen LogP contribution in [-0.2, 0) is 27.3 Å². The van der Waals surface area contributed by atoms with Crippen LogP contribution < -0.4 is 5.73 Å². The fraction of sp³-hybridized carbons (Fsp3) is 0.588. The Balaban J connectivity index is 1.97. The van der Waals surface area contributed by atoms with E-state index in [-0.39, 0.29) is 12.1 Å². The molecule has 1 aromatic rings. The van der Waals surface area contributed by atoms with Crippen molar-refractivity contribution in [3.63, 3.8) is 0 Å². The van der Waals surface area contributed by atoms with Gasteiger partial charge in [0.2, 0.25) is 0 Å². The lowest BCUT2D eigenvalue weighted by molar-refractivity contribution is -0.139. The van der Waals surface area contributed by atoms with Gasteiger partial charge in [-0.2, -0.15) is 0 Å². The summed E-state index contributed by atoms with van der Waals surface area (Å²) in [6.07, 6.45) is 5.24. The van der Waals surface area contributed by atoms with Crippen LogP contribution in [0, 0.1) is 5.92 Å². The van der Waals surface area contributed by atoms with E-state index < -0.39 is 0 Å². The Labute approximate surface area is 126 Å². The van der Waals surface area contributed by atoms with Crippen LogP contribution in [0.3, 0.4) is 0 Å². The van der Waals surface area contributed by atoms with E-state index in [1.807, 2.05) is 24.3 Å². The Bertz CT molecular complexity index is 461. The number of methoxy groups -OCH3 is 1. The molecule has 4 heteroatoms. The van der Waals surface area contributed by atoms with Gasteiger partial charge in [0.05, 0.1) is 26.2 Å². The van der Waals surface area contributed by atoms with Crippen molar-refractivity contribution in [1.82, 2.24) is 0 Å². The Kier molecular flexibility index (Phi) is 6.21. The summed E-state index contributed by atoms with van der Waals surface area (Å²) < 4.78 is 10.8. The molecule has 1 aliphatic carbocycles. The first-order chi connectivity index (χ1) is 10.2. The van der Waals surface area contributed by atoms with Gasteiger partial charge in [-0.25, -0.2) is 0 Å². The molecule has 0 amide bonds. The van der Waals surface area contributed by atoms with Gasteiger partial charge < -0.3 is 15.2 Å². The van der Waals surface area contributed by atoms with Gasteiger partial charge in [0.1, 0.15) is 0 Å². The normalized spacial score (nSPS) is 22.0. The molecule has 2 unspecified atom stereocenters. The van der Waals surface area contributed by atoms with Crippen molar-refractivity contribution in [2.45, 2.75) is 44.8 Å². The molecule has 0 aromatic heterocycles. The molecule has 116 valence electrons. The summed E-state index contributed by atoms with van der Waals surface area (Å²) >= 11 is 0. The molecule has 2 rings (SSSR count). The first-order valence-electron chi connectivity index (χ1n) is 7.70. The zero-order valence-corrected chi connectivity index (χ0v) is 12.7. The van der Waals surface area contributed by atoms with Gasteiger partial charge in [-0.1, -0.05) is 37.1 Å². The average Bonchev–Trinajstić information content (AvgIpc) is 2.54. The number of carbonyl (C=O) groups is 1. The van der Waals surface area contributed by atoms with Crippen molar-refractivity contribution in [3.8, 4) is 0 Å². The van der Waals surface area contributed by atoms with Gasteiger partial charge >= 0.3 is 5.97 Å². The van der Waals surface area contributed by atoms with Gasteiger partial charge in [-0.05, 0) is 36.4 Å². The molecule has 4 nitrogen and oxygen atoms in total. The first-order valence-corrected chi connectivity index (χ1v) is 7.70. The molecule has 2 N–H and O–H groups in total. The van der Waals surface area contributed by atoms with Crippen molar-refractivity contribution in [3.05, 3.63) is 35.4 Å². The monoisotopic (exact) mass is 291 g/mol. The van der Waals surface area contributed by atoms with Crippen molar-refractivity contribution >= 4 is 5.97 Å². The molecule has 0 saturated heterocycles. The lowest BCUT2D eigenvalue weighted by atomic mass is 9.86. The summed E-state index contributed by atoms with van der Waals surface area (Å²) in [5, 5.41) is 0. The van der Waals surface area contributed by atoms with Crippen LogP contribution in [0.5, 0.6) is 0 Å². The van der Waals surface area contributed by atoms with Crippen LogP contribution in [0.15, 0.2) is 24.3 Å². The lowest BCUT2D eigenvalue weighted by Gasteiger charge is -2.30. The number of ether oxygens (including phenoxy) is 2. The summed E-state index contributed by atoms with van der Waals surface area (Å²) in [5.41, 5.74) is 7.87. The topological polar surface area (TPSA) is 61.5 Å². The number of hydrogen-bond donors (Lipinski definition) is 1. The smallest absolute Gasteiger partial charge is 0.309 e. The fourth-order valence-electron chi connectivity index (χ4n) is 2.96. The van der Waals surface area contributed by atoms with Gasteiger partial charge in [-0.3, -0.25) is 4.79 Å². The predicted molar refractivity (Wildman–Crippen MR) is 81.8 cm³/mol. The number of hydrogen-bond acceptors (Lipinski definition) is 4. The minimum atomic E-state index is -0.222. The SMILES string of the molecule is COC(=O)Cc1ccccc1COC1CCCCC1CN. The summed E-state index contributed by atoms with van der Waals surface area (Å²) in [4.78, 5) is 11.5. The van der Waals surface area contributed by atoms with Crippen LogP contribution in [-0.4, -0.2) is 25.7 Å². The number of rotatable bonds is 6. The summed E-state index contributed by atoms with van der Waals surface area (Å²) in [6, 6.07) is 7.88. The Morgan fingerprint density at radius 1 is 1.24 bits per heavy atom. The highest BCUT2D eigenvalue weighted by Gasteiger charge is 2.24. The minimum Gasteiger partial charge on any atom is -0.469 e. The van der Waals surface area contributed by atoms with E-state index in [1.54, 1.807) is 0 Å². The molecular weight excluding hydrogens is 266 g/mol. The summed E-state index contributed by atoms with van der Waals surface area (Å²) in [6.45, 7) is 1.23. The van der Waals surface area contributed by atoms with E-state index in [2.05, 4.69) is 0 Å². The minimum absolute atomic E-state index is 0.222. The third kappa shape index (κ3) is 4.55. The Hall–Kier alpha value is -1.39. The maximum absolute atomic E-state index is 11.5. The molecule has 0 bridgehead atoms. The molecular formula is C17H25NO3. The van der Waals surface area contributed by atoms with Gasteiger partial charge in [0, 0.05) is 0 Å². The molecule has 0 aliphatic heterocycles. The van der Waals surface area contributed by atoms with Crippen molar-refractivity contribution < 1.29 is 14.3 Å². The highest BCUT2D eigenvalue weighted by molar-refractivity contribution is 5.72. The second-order valence-electron chi connectivity index (χ2n) is 5.65. The lowest BCUT2D eigenvalue weighted by Crippen LogP contribution is -2.33. The molecule has 0 spiro atoms. The maximum Gasteiger partial charge on any atom is 0.309 e. The maximum atomic E-state index is 11.5. The van der Waals surface area contributed by atoms with Crippen LogP contribution in [0.4, 0.5) is 0 Å². The summed E-state index contributed by atoms with van der Waals surface area (Å²) in [5.74, 6) is 0.242. The quantitative estimate of drug-likeness (QED) is 0.818. The molecule has 1 fully saturated rings. The number of nitrogens with two attached hydrogens (primary N) is 1. The summed E-state index contributed by atoms with van der Waals surface area (Å²) in [7, 11) is 1.41. The second kappa shape index (κ2) is 8.15. The van der Waals surface area contributed by atoms with Crippen LogP contribution in [0.2, 0.25) is 0 Å². The zero-order chi connectivity index (χ0) is 15.1. The molecule has 1 saturated carbocycles. The van der Waals surface area contributed by atoms with E-state index in [9.17, 15) is 4.79 Å². The molecule has 2 atom stereocenters. The predicted octanol–water partition coefficient (Wildman–Crippen LogP) is 2.44. The van der Waals surface area contributed by atoms with E-state index in [1.165, 1.54) is 20.0 Å². The number of carbonyl (C=O) groups excluding carboxylic acids is 1. The van der Waals surface area contributed by atoms with E-state index in [0.29, 0.717) is 25.5 Å².